The molecule has 2 aliphatic rings. The molecule has 8 heteroatoms. The Hall–Kier alpha value is 0.0949. The van der Waals surface area contributed by atoms with Gasteiger partial charge in [-0.05, 0) is 0 Å². The highest BCUT2D eigenvalue weighted by Crippen LogP contribution is 2.56. The third-order valence-electron chi connectivity index (χ3n) is 2.04. The molecule has 5 atom stereocenters. The van der Waals surface area contributed by atoms with Crippen molar-refractivity contribution in [1.82, 2.24) is 0 Å². The molecule has 0 saturated carbocycles. The highest BCUT2D eigenvalue weighted by molar-refractivity contribution is 7.47. The second kappa shape index (κ2) is 3.05. The first-order valence-corrected chi connectivity index (χ1v) is 5.24. The van der Waals surface area contributed by atoms with Crippen LogP contribution in [0.5, 0.6) is 0 Å². The monoisotopic (exact) mass is 206 g/mol. The predicted octanol–water partition coefficient (Wildman–Crippen LogP) is -1.24. The average molecular weight is 206 g/mol. The number of rotatable bonds is 1. The van der Waals surface area contributed by atoms with Crippen molar-refractivity contribution in [3.05, 3.63) is 0 Å². The molecule has 2 radical (unpaired) electrons. The fraction of sp³-hybridized carbons (Fsp3) is 1.00. The van der Waals surface area contributed by atoms with Crippen molar-refractivity contribution < 1.29 is 28.3 Å². The number of aliphatic hydroxyl groups is 1. The van der Waals surface area contributed by atoms with E-state index in [-0.39, 0.29) is 6.61 Å². The standard InChI is InChI=1S/C5H8BO6P/c6-5-4-3(2(1-7)10-5)11-13(8,9)12-4/h2-5,7H,1H2,(H,8,9)/t2?,3-,4?,5?/m1/s1. The van der Waals surface area contributed by atoms with E-state index in [1.54, 1.807) is 0 Å². The van der Waals surface area contributed by atoms with Crippen molar-refractivity contribution in [2.75, 3.05) is 6.61 Å². The minimum absolute atomic E-state index is 0.321. The maximum Gasteiger partial charge on any atom is 0.473 e. The number of ether oxygens (including phenoxy) is 1. The van der Waals surface area contributed by atoms with E-state index in [1.165, 1.54) is 0 Å². The van der Waals surface area contributed by atoms with E-state index in [9.17, 15) is 4.57 Å². The zero-order chi connectivity index (χ0) is 9.64. The average Bonchev–Trinajstić information content (AvgIpc) is 2.47. The molecule has 4 unspecified atom stereocenters. The van der Waals surface area contributed by atoms with Crippen LogP contribution < -0.4 is 0 Å². The quantitative estimate of drug-likeness (QED) is 0.412. The Labute approximate surface area is 75.8 Å². The number of phosphoric acid groups is 1. The van der Waals surface area contributed by atoms with Crippen LogP contribution in [0.4, 0.5) is 0 Å². The molecule has 2 rings (SSSR count). The zero-order valence-corrected chi connectivity index (χ0v) is 7.46. The van der Waals surface area contributed by atoms with Crippen molar-refractivity contribution in [3.63, 3.8) is 0 Å². The lowest BCUT2D eigenvalue weighted by molar-refractivity contribution is -0.00316. The van der Waals surface area contributed by atoms with Crippen molar-refractivity contribution in [1.29, 1.82) is 0 Å². The van der Waals surface area contributed by atoms with Crippen LogP contribution in [-0.4, -0.2) is 48.8 Å². The number of aliphatic hydroxyl groups excluding tert-OH is 1. The van der Waals surface area contributed by atoms with Crippen molar-refractivity contribution in [2.24, 2.45) is 0 Å². The van der Waals surface area contributed by atoms with Crippen LogP contribution in [-0.2, 0) is 18.3 Å². The highest BCUT2D eigenvalue weighted by Gasteiger charge is 2.54. The molecule has 2 aliphatic heterocycles. The van der Waals surface area contributed by atoms with Crippen molar-refractivity contribution in [2.45, 2.75) is 24.3 Å². The molecular weight excluding hydrogens is 198 g/mol. The van der Waals surface area contributed by atoms with Crippen molar-refractivity contribution >= 4 is 15.7 Å². The number of phosphoric ester groups is 1. The fourth-order valence-corrected chi connectivity index (χ4v) is 2.64. The summed E-state index contributed by atoms with van der Waals surface area (Å²) in [4.78, 5) is 8.95. The first-order chi connectivity index (χ1) is 6.03. The van der Waals surface area contributed by atoms with E-state index in [4.69, 9.17) is 22.6 Å². The third kappa shape index (κ3) is 1.56. The smallest absolute Gasteiger partial charge is 0.394 e. The maximum absolute atomic E-state index is 11.0. The van der Waals surface area contributed by atoms with Gasteiger partial charge in [-0.1, -0.05) is 0 Å². The summed E-state index contributed by atoms with van der Waals surface area (Å²) in [6, 6.07) is -0.829. The molecule has 13 heavy (non-hydrogen) atoms. The normalized spacial score (nSPS) is 55.2. The summed E-state index contributed by atoms with van der Waals surface area (Å²) < 4.78 is 25.3. The van der Waals surface area contributed by atoms with Gasteiger partial charge in [0.15, 0.2) is 0 Å². The lowest BCUT2D eigenvalue weighted by Crippen LogP contribution is -2.31. The molecular formula is C5H8BO6P. The summed E-state index contributed by atoms with van der Waals surface area (Å²) in [5.74, 6) is 0. The molecule has 2 saturated heterocycles. The molecule has 2 heterocycles. The van der Waals surface area contributed by atoms with Crippen LogP contribution in [0.3, 0.4) is 0 Å². The lowest BCUT2D eigenvalue weighted by Gasteiger charge is -2.13. The van der Waals surface area contributed by atoms with Crippen LogP contribution in [0.1, 0.15) is 0 Å². The minimum Gasteiger partial charge on any atom is -0.394 e. The molecule has 0 aromatic rings. The van der Waals surface area contributed by atoms with E-state index in [0.717, 1.165) is 0 Å². The number of hydrogen-bond acceptors (Lipinski definition) is 5. The minimum atomic E-state index is -3.98. The molecule has 0 amide bonds. The predicted molar refractivity (Wildman–Crippen MR) is 41.1 cm³/mol. The zero-order valence-electron chi connectivity index (χ0n) is 6.57. The molecule has 2 fully saturated rings. The molecule has 0 aromatic carbocycles. The summed E-state index contributed by atoms with van der Waals surface area (Å²) in [5.41, 5.74) is 0. The van der Waals surface area contributed by atoms with E-state index in [0.29, 0.717) is 0 Å². The van der Waals surface area contributed by atoms with E-state index in [2.05, 4.69) is 9.05 Å². The SMILES string of the molecule is [B]C1OC(CO)[C@H]2OP(=O)(O)OC12. The topological polar surface area (TPSA) is 85.2 Å². The molecule has 0 aliphatic carbocycles. The second-order valence-electron chi connectivity index (χ2n) is 2.93. The molecule has 6 nitrogen and oxygen atoms in total. The Bertz CT molecular complexity index is 259. The molecule has 0 aromatic heterocycles. The number of fused-ring (bicyclic) bond motifs is 1. The Morgan fingerprint density at radius 2 is 2.00 bits per heavy atom. The Balaban J connectivity index is 2.17. The Kier molecular flexibility index (Phi) is 2.26. The molecule has 0 bridgehead atoms. The van der Waals surface area contributed by atoms with Gasteiger partial charge in [-0.25, -0.2) is 4.57 Å². The summed E-state index contributed by atoms with van der Waals surface area (Å²) in [6.45, 7) is -0.321. The lowest BCUT2D eigenvalue weighted by atomic mass is 9.93. The second-order valence-corrected chi connectivity index (χ2v) is 4.29. The van der Waals surface area contributed by atoms with Gasteiger partial charge in [0, 0.05) is 6.00 Å². The van der Waals surface area contributed by atoms with Crippen LogP contribution in [0, 0.1) is 0 Å². The van der Waals surface area contributed by atoms with Crippen LogP contribution in [0.25, 0.3) is 0 Å². The molecule has 72 valence electrons. The summed E-state index contributed by atoms with van der Waals surface area (Å²) in [5, 5.41) is 8.81. The highest BCUT2D eigenvalue weighted by atomic mass is 31.2. The fourth-order valence-electron chi connectivity index (χ4n) is 1.48. The first-order valence-electron chi connectivity index (χ1n) is 3.75. The Morgan fingerprint density at radius 3 is 2.62 bits per heavy atom. The van der Waals surface area contributed by atoms with Crippen molar-refractivity contribution in [3.8, 4) is 0 Å². The van der Waals surface area contributed by atoms with Gasteiger partial charge < -0.3 is 14.7 Å². The maximum atomic E-state index is 11.0. The van der Waals surface area contributed by atoms with E-state index < -0.39 is 32.1 Å². The van der Waals surface area contributed by atoms with Gasteiger partial charge in [0.1, 0.15) is 26.2 Å². The number of hydrogen-bond donors (Lipinski definition) is 2. The van der Waals surface area contributed by atoms with E-state index >= 15 is 0 Å². The summed E-state index contributed by atoms with van der Waals surface area (Å²) in [7, 11) is 1.46. The van der Waals surface area contributed by atoms with Gasteiger partial charge in [-0.3, -0.25) is 9.05 Å². The first kappa shape index (κ1) is 9.64. The molecule has 2 N–H and O–H groups in total. The van der Waals surface area contributed by atoms with Crippen LogP contribution >= 0.6 is 7.82 Å². The van der Waals surface area contributed by atoms with Gasteiger partial charge >= 0.3 is 7.82 Å². The summed E-state index contributed by atoms with van der Waals surface area (Å²) >= 11 is 0. The van der Waals surface area contributed by atoms with Gasteiger partial charge in [0.25, 0.3) is 0 Å². The largest absolute Gasteiger partial charge is 0.473 e. The van der Waals surface area contributed by atoms with E-state index in [1.807, 2.05) is 0 Å². The molecule has 0 spiro atoms. The summed E-state index contributed by atoms with van der Waals surface area (Å²) in [6.07, 6.45) is -2.22. The van der Waals surface area contributed by atoms with Crippen LogP contribution in [0.15, 0.2) is 0 Å². The van der Waals surface area contributed by atoms with Gasteiger partial charge in [0.2, 0.25) is 0 Å². The Morgan fingerprint density at radius 1 is 1.38 bits per heavy atom. The third-order valence-corrected chi connectivity index (χ3v) is 3.06. The van der Waals surface area contributed by atoms with Crippen LogP contribution in [0.2, 0.25) is 0 Å². The van der Waals surface area contributed by atoms with Gasteiger partial charge in [-0.2, -0.15) is 0 Å². The van der Waals surface area contributed by atoms with Gasteiger partial charge in [0.05, 0.1) is 6.61 Å². The van der Waals surface area contributed by atoms with Gasteiger partial charge in [-0.15, -0.1) is 0 Å².